The van der Waals surface area contributed by atoms with Crippen molar-refractivity contribution in [2.24, 2.45) is 5.92 Å². The maximum atomic E-state index is 13.8. The van der Waals surface area contributed by atoms with Crippen molar-refractivity contribution in [1.29, 1.82) is 0 Å². The second-order valence-corrected chi connectivity index (χ2v) is 9.08. The fourth-order valence-electron chi connectivity index (χ4n) is 3.53. The number of aryl methyl sites for hydroxylation is 1. The van der Waals surface area contributed by atoms with Crippen molar-refractivity contribution in [3.63, 3.8) is 0 Å². The molecule has 0 amide bonds. The van der Waals surface area contributed by atoms with Crippen LogP contribution in [0.2, 0.25) is 0 Å². The molecule has 0 saturated heterocycles. The average molecular weight is 405 g/mol. The number of nitrogens with one attached hydrogen (secondary N) is 1. The van der Waals surface area contributed by atoms with Gasteiger partial charge in [-0.15, -0.1) is 23.1 Å². The molecule has 142 valence electrons. The highest BCUT2D eigenvalue weighted by Crippen LogP contribution is 2.35. The van der Waals surface area contributed by atoms with Gasteiger partial charge in [-0.3, -0.25) is 4.79 Å². The van der Waals surface area contributed by atoms with E-state index in [1.807, 2.05) is 6.07 Å². The Hall–Kier alpha value is -1.86. The Morgan fingerprint density at radius 1 is 1.41 bits per heavy atom. The number of nitrogens with zero attached hydrogens (tertiary/aromatic N) is 1. The van der Waals surface area contributed by atoms with Crippen molar-refractivity contribution in [1.82, 2.24) is 9.97 Å². The van der Waals surface area contributed by atoms with Crippen LogP contribution in [-0.2, 0) is 24.3 Å². The molecule has 3 aromatic rings. The van der Waals surface area contributed by atoms with Gasteiger partial charge >= 0.3 is 0 Å². The first-order valence-corrected chi connectivity index (χ1v) is 11.0. The zero-order valence-electron chi connectivity index (χ0n) is 15.3. The molecule has 4 nitrogen and oxygen atoms in total. The van der Waals surface area contributed by atoms with Gasteiger partial charge in [-0.1, -0.05) is 13.0 Å². The molecule has 1 aliphatic rings. The zero-order valence-corrected chi connectivity index (χ0v) is 16.9. The lowest BCUT2D eigenvalue weighted by Gasteiger charge is -2.17. The van der Waals surface area contributed by atoms with Gasteiger partial charge in [0.05, 0.1) is 18.2 Å². The number of thioether (sulfide) groups is 1. The Morgan fingerprint density at radius 2 is 2.26 bits per heavy atom. The van der Waals surface area contributed by atoms with Crippen LogP contribution in [0.15, 0.2) is 23.0 Å². The van der Waals surface area contributed by atoms with E-state index in [0.717, 1.165) is 35.0 Å². The predicted molar refractivity (Wildman–Crippen MR) is 109 cm³/mol. The van der Waals surface area contributed by atoms with Crippen molar-refractivity contribution in [2.45, 2.75) is 37.7 Å². The second kappa shape index (κ2) is 7.64. The van der Waals surface area contributed by atoms with Gasteiger partial charge < -0.3 is 9.72 Å². The number of H-pyrrole nitrogens is 1. The van der Waals surface area contributed by atoms with Crippen LogP contribution in [-0.4, -0.2) is 17.1 Å². The van der Waals surface area contributed by atoms with Gasteiger partial charge in [-0.2, -0.15) is 0 Å². The predicted octanol–water partition coefficient (Wildman–Crippen LogP) is 4.69. The number of halogens is 1. The summed E-state index contributed by atoms with van der Waals surface area (Å²) >= 11 is 3.26. The molecular weight excluding hydrogens is 383 g/mol. The van der Waals surface area contributed by atoms with Crippen molar-refractivity contribution < 1.29 is 9.13 Å². The zero-order chi connectivity index (χ0) is 19.0. The van der Waals surface area contributed by atoms with E-state index in [1.54, 1.807) is 29.2 Å². The molecular formula is C20H21FN2O2S2. The van der Waals surface area contributed by atoms with E-state index in [0.29, 0.717) is 23.2 Å². The highest BCUT2D eigenvalue weighted by molar-refractivity contribution is 7.97. The molecule has 0 aliphatic heterocycles. The summed E-state index contributed by atoms with van der Waals surface area (Å²) in [5.74, 6) is 2.46. The Morgan fingerprint density at radius 3 is 3.04 bits per heavy atom. The van der Waals surface area contributed by atoms with E-state index in [9.17, 15) is 9.18 Å². The third kappa shape index (κ3) is 3.75. The van der Waals surface area contributed by atoms with Crippen molar-refractivity contribution >= 4 is 33.3 Å². The first kappa shape index (κ1) is 18.5. The molecule has 0 spiro atoms. The lowest BCUT2D eigenvalue weighted by atomic mass is 9.89. The van der Waals surface area contributed by atoms with Crippen LogP contribution in [0, 0.1) is 11.7 Å². The van der Waals surface area contributed by atoms with Gasteiger partial charge in [0.1, 0.15) is 10.7 Å². The molecule has 0 radical (unpaired) electrons. The number of hydrogen-bond donors (Lipinski definition) is 1. The van der Waals surface area contributed by atoms with E-state index < -0.39 is 0 Å². The summed E-state index contributed by atoms with van der Waals surface area (Å²) in [7, 11) is 1.45. The van der Waals surface area contributed by atoms with Crippen molar-refractivity contribution in [2.75, 3.05) is 7.11 Å². The monoisotopic (exact) mass is 404 g/mol. The molecule has 0 unspecified atom stereocenters. The number of benzene rings is 1. The summed E-state index contributed by atoms with van der Waals surface area (Å²) in [5.41, 5.74) is 2.05. The van der Waals surface area contributed by atoms with Gasteiger partial charge in [-0.05, 0) is 48.4 Å². The van der Waals surface area contributed by atoms with E-state index in [-0.39, 0.29) is 17.1 Å². The van der Waals surface area contributed by atoms with Gasteiger partial charge in [0.15, 0.2) is 11.6 Å². The molecule has 4 rings (SSSR count). The largest absolute Gasteiger partial charge is 0.494 e. The molecule has 0 saturated carbocycles. The van der Waals surface area contributed by atoms with Crippen LogP contribution in [0.1, 0.15) is 35.2 Å². The van der Waals surface area contributed by atoms with Crippen LogP contribution >= 0.6 is 23.1 Å². The fourth-order valence-corrected chi connectivity index (χ4v) is 5.78. The van der Waals surface area contributed by atoms with Gasteiger partial charge in [0, 0.05) is 10.6 Å². The number of fused-ring (bicyclic) bond motifs is 3. The number of ether oxygens (including phenoxy) is 1. The molecule has 0 fully saturated rings. The summed E-state index contributed by atoms with van der Waals surface area (Å²) in [5, 5.41) is 0.785. The smallest absolute Gasteiger partial charge is 0.259 e. The molecule has 2 heterocycles. The summed E-state index contributed by atoms with van der Waals surface area (Å²) in [6, 6.07) is 4.97. The van der Waals surface area contributed by atoms with Crippen LogP contribution in [0.25, 0.3) is 10.2 Å². The standard InChI is InChI=1S/C20H21FN2O2S2/c1-11-3-5-13-16(7-11)27-20-18(13)19(24)22-17(23-20)10-26-9-12-4-6-15(25-2)14(21)8-12/h4,6,8,11H,3,5,7,9-10H2,1-2H3,(H,22,23,24)/t11-/m0/s1. The number of aromatic amines is 1. The molecule has 7 heteroatoms. The maximum absolute atomic E-state index is 13.8. The van der Waals surface area contributed by atoms with E-state index in [1.165, 1.54) is 23.6 Å². The van der Waals surface area contributed by atoms with Crippen LogP contribution < -0.4 is 10.3 Å². The van der Waals surface area contributed by atoms with Gasteiger partial charge in [0.25, 0.3) is 5.56 Å². The second-order valence-electron chi connectivity index (χ2n) is 7.01. The first-order chi connectivity index (χ1) is 13.0. The third-order valence-electron chi connectivity index (χ3n) is 4.94. The first-order valence-electron chi connectivity index (χ1n) is 8.98. The molecule has 2 aromatic heterocycles. The average Bonchev–Trinajstić information content (AvgIpc) is 2.99. The topological polar surface area (TPSA) is 55.0 Å². The van der Waals surface area contributed by atoms with Gasteiger partial charge in [-0.25, -0.2) is 9.37 Å². The normalized spacial score (nSPS) is 16.5. The molecule has 1 aliphatic carbocycles. The number of aromatic nitrogens is 2. The van der Waals surface area contributed by atoms with Crippen LogP contribution in [0.3, 0.4) is 0 Å². The minimum Gasteiger partial charge on any atom is -0.494 e. The van der Waals surface area contributed by atoms with Crippen molar-refractivity contribution in [3.8, 4) is 5.75 Å². The van der Waals surface area contributed by atoms with Crippen molar-refractivity contribution in [3.05, 3.63) is 56.2 Å². The minimum absolute atomic E-state index is 0.0295. The van der Waals surface area contributed by atoms with E-state index in [4.69, 9.17) is 9.72 Å². The summed E-state index contributed by atoms with van der Waals surface area (Å²) in [6.07, 6.45) is 3.15. The Bertz CT molecular complexity index is 1040. The summed E-state index contributed by atoms with van der Waals surface area (Å²) in [4.78, 5) is 22.4. The fraction of sp³-hybridized carbons (Fsp3) is 0.400. The maximum Gasteiger partial charge on any atom is 0.259 e. The highest BCUT2D eigenvalue weighted by atomic mass is 32.2. The lowest BCUT2D eigenvalue weighted by Crippen LogP contribution is -2.14. The Labute approximate surface area is 165 Å². The SMILES string of the molecule is COc1ccc(CSCc2nc3sc4c(c3c(=O)[nH]2)CC[C@H](C)C4)cc1F. The number of rotatable bonds is 5. The molecule has 1 aromatic carbocycles. The minimum atomic E-state index is -0.359. The van der Waals surface area contributed by atoms with Gasteiger partial charge in [0.2, 0.25) is 0 Å². The highest BCUT2D eigenvalue weighted by Gasteiger charge is 2.22. The third-order valence-corrected chi connectivity index (χ3v) is 7.10. The molecule has 1 N–H and O–H groups in total. The van der Waals surface area contributed by atoms with Crippen LogP contribution in [0.5, 0.6) is 5.75 Å². The Kier molecular flexibility index (Phi) is 5.23. The molecule has 1 atom stereocenters. The molecule has 0 bridgehead atoms. The quantitative estimate of drug-likeness (QED) is 0.670. The van der Waals surface area contributed by atoms with E-state index in [2.05, 4.69) is 11.9 Å². The summed E-state index contributed by atoms with van der Waals surface area (Å²) in [6.45, 7) is 2.26. The number of methoxy groups -OCH3 is 1. The lowest BCUT2D eigenvalue weighted by molar-refractivity contribution is 0.386. The summed E-state index contributed by atoms with van der Waals surface area (Å²) < 4.78 is 18.7. The number of hydrogen-bond acceptors (Lipinski definition) is 5. The molecule has 27 heavy (non-hydrogen) atoms. The van der Waals surface area contributed by atoms with E-state index >= 15 is 0 Å². The Balaban J connectivity index is 1.50. The van der Waals surface area contributed by atoms with Crippen LogP contribution in [0.4, 0.5) is 4.39 Å². The number of thiophene rings is 1.